The van der Waals surface area contributed by atoms with Crippen LogP contribution >= 0.6 is 0 Å². The minimum atomic E-state index is -0.485. The highest BCUT2D eigenvalue weighted by atomic mass is 16.5. The highest BCUT2D eigenvalue weighted by molar-refractivity contribution is 5.09. The maximum Gasteiger partial charge on any atom is 0.0900 e. The quantitative estimate of drug-likeness (QED) is 0.656. The zero-order valence-corrected chi connectivity index (χ0v) is 12.7. The van der Waals surface area contributed by atoms with Gasteiger partial charge in [0.2, 0.25) is 0 Å². The molecule has 0 saturated carbocycles. The number of aliphatic hydroxyl groups is 1. The molecule has 0 radical (unpaired) electrons. The van der Waals surface area contributed by atoms with E-state index in [1.165, 1.54) is 5.56 Å². The molecule has 1 aromatic rings. The molecule has 1 aromatic heterocycles. The SMILES string of the molecule is CC(C)OCCOC[C@H](O)CN(C)Cc1ccncc1. The Labute approximate surface area is 121 Å². The number of likely N-dealkylation sites (N-methyl/N-ethyl adjacent to an activating group) is 1. The Morgan fingerprint density at radius 3 is 2.60 bits per heavy atom. The van der Waals surface area contributed by atoms with Gasteiger partial charge in [0.05, 0.1) is 32.0 Å². The lowest BCUT2D eigenvalue weighted by Gasteiger charge is -2.20. The zero-order chi connectivity index (χ0) is 14.8. The molecule has 1 rings (SSSR count). The van der Waals surface area contributed by atoms with Crippen LogP contribution in [-0.2, 0) is 16.0 Å². The van der Waals surface area contributed by atoms with Crippen LogP contribution in [0.25, 0.3) is 0 Å². The molecule has 1 atom stereocenters. The van der Waals surface area contributed by atoms with Gasteiger partial charge in [0.15, 0.2) is 0 Å². The first kappa shape index (κ1) is 17.0. The van der Waals surface area contributed by atoms with Gasteiger partial charge in [-0.25, -0.2) is 0 Å². The summed E-state index contributed by atoms with van der Waals surface area (Å²) < 4.78 is 10.7. The van der Waals surface area contributed by atoms with E-state index in [-0.39, 0.29) is 6.10 Å². The van der Waals surface area contributed by atoms with E-state index in [1.54, 1.807) is 12.4 Å². The van der Waals surface area contributed by atoms with Gasteiger partial charge in [0.25, 0.3) is 0 Å². The molecule has 0 unspecified atom stereocenters. The van der Waals surface area contributed by atoms with E-state index >= 15 is 0 Å². The fraction of sp³-hybridized carbons (Fsp3) is 0.667. The molecule has 0 aromatic carbocycles. The van der Waals surface area contributed by atoms with Crippen molar-refractivity contribution in [2.45, 2.75) is 32.6 Å². The summed E-state index contributed by atoms with van der Waals surface area (Å²) in [5.74, 6) is 0. The number of nitrogens with zero attached hydrogens (tertiary/aromatic N) is 2. The molecule has 0 saturated heterocycles. The van der Waals surface area contributed by atoms with Crippen molar-refractivity contribution in [2.24, 2.45) is 0 Å². The third-order valence-electron chi connectivity index (χ3n) is 2.71. The lowest BCUT2D eigenvalue weighted by molar-refractivity contribution is -0.0174. The second-order valence-electron chi connectivity index (χ2n) is 5.20. The van der Waals surface area contributed by atoms with Crippen LogP contribution in [0.1, 0.15) is 19.4 Å². The Kier molecular flexibility index (Phi) is 8.37. The summed E-state index contributed by atoms with van der Waals surface area (Å²) in [6, 6.07) is 3.95. The van der Waals surface area contributed by atoms with Crippen molar-refractivity contribution >= 4 is 0 Å². The molecule has 20 heavy (non-hydrogen) atoms. The number of hydrogen-bond donors (Lipinski definition) is 1. The first-order valence-corrected chi connectivity index (χ1v) is 7.02. The fourth-order valence-electron chi connectivity index (χ4n) is 1.84. The van der Waals surface area contributed by atoms with Crippen molar-refractivity contribution in [3.63, 3.8) is 0 Å². The zero-order valence-electron chi connectivity index (χ0n) is 12.7. The predicted molar refractivity (Wildman–Crippen MR) is 78.5 cm³/mol. The fourth-order valence-corrected chi connectivity index (χ4v) is 1.84. The molecule has 114 valence electrons. The van der Waals surface area contributed by atoms with Crippen LogP contribution in [-0.4, -0.2) is 60.6 Å². The molecule has 0 aliphatic carbocycles. The third kappa shape index (κ3) is 8.22. The summed E-state index contributed by atoms with van der Waals surface area (Å²) in [4.78, 5) is 6.05. The number of rotatable bonds is 10. The van der Waals surface area contributed by atoms with E-state index in [0.29, 0.717) is 26.4 Å². The van der Waals surface area contributed by atoms with Crippen molar-refractivity contribution in [3.8, 4) is 0 Å². The molecule has 1 heterocycles. The molecule has 0 aliphatic heterocycles. The molecule has 5 heteroatoms. The van der Waals surface area contributed by atoms with Gasteiger partial charge in [-0.2, -0.15) is 0 Å². The van der Waals surface area contributed by atoms with Gasteiger partial charge in [-0.3, -0.25) is 9.88 Å². The Bertz CT molecular complexity index is 346. The number of aliphatic hydroxyl groups excluding tert-OH is 1. The minimum Gasteiger partial charge on any atom is -0.389 e. The van der Waals surface area contributed by atoms with Crippen LogP contribution in [0.5, 0.6) is 0 Å². The minimum absolute atomic E-state index is 0.218. The summed E-state index contributed by atoms with van der Waals surface area (Å²) >= 11 is 0. The molecule has 5 nitrogen and oxygen atoms in total. The predicted octanol–water partition coefficient (Wildman–Crippen LogP) is 1.32. The van der Waals surface area contributed by atoms with E-state index in [2.05, 4.69) is 9.88 Å². The molecule has 0 aliphatic rings. The Morgan fingerprint density at radius 1 is 1.25 bits per heavy atom. The second kappa shape index (κ2) is 9.83. The van der Waals surface area contributed by atoms with Gasteiger partial charge < -0.3 is 14.6 Å². The number of aromatic nitrogens is 1. The normalized spacial score (nSPS) is 13.1. The molecule has 0 bridgehead atoms. The van der Waals surface area contributed by atoms with Crippen LogP contribution in [0.4, 0.5) is 0 Å². The van der Waals surface area contributed by atoms with E-state index in [9.17, 15) is 5.11 Å². The molecule has 0 spiro atoms. The number of ether oxygens (including phenoxy) is 2. The van der Waals surface area contributed by atoms with Crippen molar-refractivity contribution in [2.75, 3.05) is 33.4 Å². The maximum absolute atomic E-state index is 9.89. The van der Waals surface area contributed by atoms with Crippen LogP contribution in [0, 0.1) is 0 Å². The summed E-state index contributed by atoms with van der Waals surface area (Å²) in [6.07, 6.45) is 3.28. The van der Waals surface area contributed by atoms with Crippen molar-refractivity contribution in [1.29, 1.82) is 0 Å². The summed E-state index contributed by atoms with van der Waals surface area (Å²) in [5, 5.41) is 9.89. The average Bonchev–Trinajstić information content (AvgIpc) is 2.38. The van der Waals surface area contributed by atoms with Crippen LogP contribution in [0.15, 0.2) is 24.5 Å². The van der Waals surface area contributed by atoms with E-state index in [4.69, 9.17) is 9.47 Å². The molecule has 0 fully saturated rings. The molecular weight excluding hydrogens is 256 g/mol. The second-order valence-corrected chi connectivity index (χ2v) is 5.20. The highest BCUT2D eigenvalue weighted by Gasteiger charge is 2.09. The van der Waals surface area contributed by atoms with Gasteiger partial charge in [-0.15, -0.1) is 0 Å². The lowest BCUT2D eigenvalue weighted by atomic mass is 10.2. The maximum atomic E-state index is 9.89. The molecular formula is C15H26N2O3. The van der Waals surface area contributed by atoms with E-state index < -0.39 is 6.10 Å². The lowest BCUT2D eigenvalue weighted by Crippen LogP contribution is -2.32. The first-order valence-electron chi connectivity index (χ1n) is 7.02. The van der Waals surface area contributed by atoms with E-state index in [0.717, 1.165) is 6.54 Å². The summed E-state index contributed by atoms with van der Waals surface area (Å²) in [7, 11) is 1.98. The van der Waals surface area contributed by atoms with Gasteiger partial charge in [0.1, 0.15) is 0 Å². The van der Waals surface area contributed by atoms with Gasteiger partial charge >= 0.3 is 0 Å². The standard InChI is InChI=1S/C15H26N2O3/c1-13(2)20-9-8-19-12-15(18)11-17(3)10-14-4-6-16-7-5-14/h4-7,13,15,18H,8-12H2,1-3H3/t15-/m1/s1. The monoisotopic (exact) mass is 282 g/mol. The Morgan fingerprint density at radius 2 is 1.95 bits per heavy atom. The van der Waals surface area contributed by atoms with Gasteiger partial charge in [-0.05, 0) is 38.6 Å². The topological polar surface area (TPSA) is 54.8 Å². The first-order chi connectivity index (χ1) is 9.58. The van der Waals surface area contributed by atoms with Gasteiger partial charge in [0, 0.05) is 25.5 Å². The van der Waals surface area contributed by atoms with E-state index in [1.807, 2.05) is 33.0 Å². The van der Waals surface area contributed by atoms with Crippen molar-refractivity contribution in [1.82, 2.24) is 9.88 Å². The van der Waals surface area contributed by atoms with Crippen molar-refractivity contribution < 1.29 is 14.6 Å². The Balaban J connectivity index is 2.10. The van der Waals surface area contributed by atoms with Crippen molar-refractivity contribution in [3.05, 3.63) is 30.1 Å². The summed E-state index contributed by atoms with van der Waals surface area (Å²) in [5.41, 5.74) is 1.18. The van der Waals surface area contributed by atoms with Crippen LogP contribution in [0.3, 0.4) is 0 Å². The van der Waals surface area contributed by atoms with Crippen LogP contribution in [0.2, 0.25) is 0 Å². The molecule has 0 amide bonds. The summed E-state index contributed by atoms with van der Waals surface area (Å²) in [6.45, 7) is 6.76. The number of hydrogen-bond acceptors (Lipinski definition) is 5. The average molecular weight is 282 g/mol. The Hall–Kier alpha value is -1.01. The third-order valence-corrected chi connectivity index (χ3v) is 2.71. The highest BCUT2D eigenvalue weighted by Crippen LogP contribution is 2.02. The smallest absolute Gasteiger partial charge is 0.0900 e. The largest absolute Gasteiger partial charge is 0.389 e. The van der Waals surface area contributed by atoms with Crippen LogP contribution < -0.4 is 0 Å². The number of pyridine rings is 1. The molecule has 1 N–H and O–H groups in total. The van der Waals surface area contributed by atoms with Gasteiger partial charge in [-0.1, -0.05) is 0 Å².